The molecule has 0 aromatic carbocycles. The molecular weight excluding hydrogens is 186 g/mol. The first-order chi connectivity index (χ1) is 2.81. The third kappa shape index (κ3) is 2.62. The second-order valence-corrected chi connectivity index (χ2v) is 4.85. The van der Waals surface area contributed by atoms with E-state index < -0.39 is 15.0 Å². The van der Waals surface area contributed by atoms with Gasteiger partial charge in [-0.05, 0) is 0 Å². The van der Waals surface area contributed by atoms with Crippen molar-refractivity contribution in [1.29, 1.82) is 0 Å². The van der Waals surface area contributed by atoms with Gasteiger partial charge in [-0.25, -0.2) is 0 Å². The molecule has 0 atom stereocenters. The van der Waals surface area contributed by atoms with Crippen LogP contribution in [0.2, 0.25) is 0 Å². The van der Waals surface area contributed by atoms with Crippen molar-refractivity contribution in [3.63, 3.8) is 0 Å². The SMILES string of the molecule is C=[CH][Rh-2]([Cl])[CH]=C. The first-order valence-electron chi connectivity index (χ1n) is 1.33. The van der Waals surface area contributed by atoms with Gasteiger partial charge in [0.2, 0.25) is 0 Å². The summed E-state index contributed by atoms with van der Waals surface area (Å²) in [4.78, 5) is 0. The molecule has 0 aliphatic carbocycles. The van der Waals surface area contributed by atoms with Gasteiger partial charge >= 0.3 is 47.1 Å². The van der Waals surface area contributed by atoms with Gasteiger partial charge in [0, 0.05) is 0 Å². The number of hydrogen-bond donors (Lipinski definition) is 0. The Morgan fingerprint density at radius 3 is 1.67 bits per heavy atom. The topological polar surface area (TPSA) is 0 Å². The van der Waals surface area contributed by atoms with E-state index in [4.69, 9.17) is 9.69 Å². The van der Waals surface area contributed by atoms with E-state index in [9.17, 15) is 0 Å². The first-order valence-corrected chi connectivity index (χ1v) is 5.33. The summed E-state index contributed by atoms with van der Waals surface area (Å²) < 4.78 is 3.50. The molecule has 0 saturated heterocycles. The predicted octanol–water partition coefficient (Wildman–Crippen LogP) is 2.05. The summed E-state index contributed by atoms with van der Waals surface area (Å²) in [6.45, 7) is 6.97. The molecule has 0 aliphatic rings. The van der Waals surface area contributed by atoms with Crippen LogP contribution in [0.4, 0.5) is 0 Å². The van der Waals surface area contributed by atoms with Crippen LogP contribution in [0.25, 0.3) is 0 Å². The quantitative estimate of drug-likeness (QED) is 0.588. The summed E-state index contributed by atoms with van der Waals surface area (Å²) in [5.41, 5.74) is 0. The van der Waals surface area contributed by atoms with Crippen molar-refractivity contribution in [2.75, 3.05) is 0 Å². The Balaban J connectivity index is 3.21. The second kappa shape index (κ2) is 3.58. The average molecular weight is 192 g/mol. The number of halogens is 1. The molecule has 0 nitrogen and oxygen atoms in total. The Labute approximate surface area is 47.4 Å². The van der Waals surface area contributed by atoms with Gasteiger partial charge in [-0.3, -0.25) is 0 Å². The summed E-state index contributed by atoms with van der Waals surface area (Å²) in [7, 11) is 5.54. The Hall–Kier alpha value is 0.393. The van der Waals surface area contributed by atoms with Crippen LogP contribution in [0, 0.1) is 0 Å². The van der Waals surface area contributed by atoms with Gasteiger partial charge in [0.15, 0.2) is 0 Å². The van der Waals surface area contributed by atoms with Crippen LogP contribution in [-0.2, 0) is 15.0 Å². The molecule has 0 amide bonds. The standard InChI is InChI=1S/2C2H3.ClH.Rh/c2*1-2;;/h2*1H,2H2;1H;/q;;;-1/p-1. The molecule has 0 aromatic heterocycles. The van der Waals surface area contributed by atoms with Crippen LogP contribution >= 0.6 is 9.69 Å². The summed E-state index contributed by atoms with van der Waals surface area (Å²) in [6, 6.07) is 0. The zero-order valence-corrected chi connectivity index (χ0v) is 5.67. The first kappa shape index (κ1) is 6.39. The van der Waals surface area contributed by atoms with Crippen LogP contribution in [0.5, 0.6) is 0 Å². The van der Waals surface area contributed by atoms with Gasteiger partial charge in [-0.2, -0.15) is 0 Å². The van der Waals surface area contributed by atoms with Crippen LogP contribution in [-0.4, -0.2) is 0 Å². The van der Waals surface area contributed by atoms with E-state index in [1.54, 1.807) is 9.34 Å². The summed E-state index contributed by atoms with van der Waals surface area (Å²) in [6.07, 6.45) is 0. The van der Waals surface area contributed by atoms with Crippen molar-refractivity contribution in [3.8, 4) is 0 Å². The van der Waals surface area contributed by atoms with Crippen molar-refractivity contribution in [1.82, 2.24) is 0 Å². The molecule has 0 heterocycles. The molecule has 0 saturated carbocycles. The molecule has 6 heavy (non-hydrogen) atoms. The molecule has 0 radical (unpaired) electrons. The maximum absolute atomic E-state index is 5.54. The van der Waals surface area contributed by atoms with E-state index >= 15 is 0 Å². The summed E-state index contributed by atoms with van der Waals surface area (Å²) >= 11 is -1.09. The fourth-order valence-electron chi connectivity index (χ4n) is 0.0556. The third-order valence-corrected chi connectivity index (χ3v) is 2.76. The fraction of sp³-hybridized carbons (Fsp3) is 0. The van der Waals surface area contributed by atoms with Crippen LogP contribution < -0.4 is 0 Å². The van der Waals surface area contributed by atoms with Crippen molar-refractivity contribution in [2.45, 2.75) is 0 Å². The van der Waals surface area contributed by atoms with Crippen molar-refractivity contribution in [3.05, 3.63) is 22.5 Å². The van der Waals surface area contributed by atoms with Crippen molar-refractivity contribution >= 4 is 9.69 Å². The third-order valence-electron chi connectivity index (χ3n) is 0.260. The zero-order chi connectivity index (χ0) is 4.99. The van der Waals surface area contributed by atoms with Gasteiger partial charge in [0.25, 0.3) is 0 Å². The van der Waals surface area contributed by atoms with E-state index in [0.29, 0.717) is 0 Å². The fourth-order valence-corrected chi connectivity index (χ4v) is 0.329. The molecular formula is C4H6ClRh-2. The molecule has 0 N–H and O–H groups in total. The molecule has 0 bridgehead atoms. The molecule has 0 spiro atoms. The predicted molar refractivity (Wildman–Crippen MR) is 26.2 cm³/mol. The van der Waals surface area contributed by atoms with Gasteiger partial charge in [0.05, 0.1) is 0 Å². The number of hydrogen-bond acceptors (Lipinski definition) is 0. The van der Waals surface area contributed by atoms with Crippen molar-refractivity contribution in [2.24, 2.45) is 0 Å². The van der Waals surface area contributed by atoms with Gasteiger partial charge in [-0.15, -0.1) is 0 Å². The Morgan fingerprint density at radius 1 is 1.33 bits per heavy atom. The average Bonchev–Trinajstić information content (AvgIpc) is 1.65. The maximum atomic E-state index is 5.54. The van der Waals surface area contributed by atoms with Crippen LogP contribution in [0.1, 0.15) is 0 Å². The van der Waals surface area contributed by atoms with E-state index in [1.807, 2.05) is 0 Å². The molecule has 0 unspecified atom stereocenters. The zero-order valence-electron chi connectivity index (χ0n) is 3.28. The Kier molecular flexibility index (Phi) is 3.81. The molecule has 0 aliphatic heterocycles. The van der Waals surface area contributed by atoms with E-state index in [0.717, 1.165) is 0 Å². The monoisotopic (exact) mass is 192 g/mol. The van der Waals surface area contributed by atoms with E-state index in [1.165, 1.54) is 0 Å². The van der Waals surface area contributed by atoms with E-state index in [2.05, 4.69) is 13.2 Å². The van der Waals surface area contributed by atoms with Crippen molar-refractivity contribution < 1.29 is 15.0 Å². The van der Waals surface area contributed by atoms with Gasteiger partial charge in [-0.1, -0.05) is 0 Å². The Morgan fingerprint density at radius 2 is 1.67 bits per heavy atom. The van der Waals surface area contributed by atoms with Crippen LogP contribution in [0.15, 0.2) is 22.5 Å². The van der Waals surface area contributed by atoms with E-state index in [-0.39, 0.29) is 0 Å². The van der Waals surface area contributed by atoms with Gasteiger partial charge < -0.3 is 0 Å². The molecule has 40 valence electrons. The normalized spacial score (nSPS) is 9.83. The minimum atomic E-state index is -1.09. The molecule has 0 aromatic rings. The Bertz CT molecular complexity index is 52.6. The van der Waals surface area contributed by atoms with Crippen LogP contribution in [0.3, 0.4) is 0 Å². The molecule has 2 heteroatoms. The number of rotatable bonds is 2. The molecule has 0 rings (SSSR count). The minimum absolute atomic E-state index is 1.09. The van der Waals surface area contributed by atoms with Gasteiger partial charge in [0.1, 0.15) is 0 Å². The summed E-state index contributed by atoms with van der Waals surface area (Å²) in [5, 5.41) is 0. The summed E-state index contributed by atoms with van der Waals surface area (Å²) in [5.74, 6) is 0. The molecule has 0 fully saturated rings. The second-order valence-electron chi connectivity index (χ2n) is 0.529.